The highest BCUT2D eigenvalue weighted by Gasteiger charge is 2.26. The van der Waals surface area contributed by atoms with Crippen LogP contribution in [-0.2, 0) is 6.54 Å². The summed E-state index contributed by atoms with van der Waals surface area (Å²) in [5.41, 5.74) is 2.38. The predicted molar refractivity (Wildman–Crippen MR) is 98.8 cm³/mol. The zero-order chi connectivity index (χ0) is 17.7. The van der Waals surface area contributed by atoms with Crippen molar-refractivity contribution in [3.63, 3.8) is 0 Å². The molecule has 1 aromatic carbocycles. The van der Waals surface area contributed by atoms with Gasteiger partial charge in [0.25, 0.3) is 11.1 Å². The normalized spacial score (nSPS) is 16.4. The average molecular weight is 339 g/mol. The molecule has 130 valence electrons. The van der Waals surface area contributed by atoms with Gasteiger partial charge in [0.2, 0.25) is 0 Å². The standard InChI is InChI=1S/C19H21N3O3/c1-4-21-16(24)7-11(2)14-8-12-5-6-15(23)22-13(9-20-3)10-25-19(17(12)22)18(14)21/h5-8,13,20H,4,9-10H2,1-3H3. The van der Waals surface area contributed by atoms with E-state index in [9.17, 15) is 9.59 Å². The number of hydrogen-bond acceptors (Lipinski definition) is 4. The second kappa shape index (κ2) is 5.74. The van der Waals surface area contributed by atoms with Gasteiger partial charge in [-0.1, -0.05) is 0 Å². The second-order valence-corrected chi connectivity index (χ2v) is 6.51. The minimum atomic E-state index is -0.0715. The SMILES string of the molecule is CCn1c(=O)cc(C)c2cc3ccc(=O)n4c3c(c21)OCC4CNC. The summed E-state index contributed by atoms with van der Waals surface area (Å²) in [5.74, 6) is 0.639. The van der Waals surface area contributed by atoms with Gasteiger partial charge in [-0.3, -0.25) is 14.2 Å². The number of ether oxygens (including phenoxy) is 1. The minimum Gasteiger partial charge on any atom is -0.487 e. The smallest absolute Gasteiger partial charge is 0.251 e. The molecule has 3 heterocycles. The quantitative estimate of drug-likeness (QED) is 0.739. The summed E-state index contributed by atoms with van der Waals surface area (Å²) in [6.07, 6.45) is 0. The molecule has 1 aliphatic heterocycles. The number of fused-ring (bicyclic) bond motifs is 2. The summed E-state index contributed by atoms with van der Waals surface area (Å²) in [6.45, 7) is 5.47. The number of benzene rings is 1. The molecule has 0 amide bonds. The van der Waals surface area contributed by atoms with E-state index >= 15 is 0 Å². The fraction of sp³-hybridized carbons (Fsp3) is 0.368. The maximum atomic E-state index is 12.6. The van der Waals surface area contributed by atoms with Gasteiger partial charge in [-0.15, -0.1) is 0 Å². The van der Waals surface area contributed by atoms with E-state index < -0.39 is 0 Å². The van der Waals surface area contributed by atoms with E-state index in [1.54, 1.807) is 21.3 Å². The summed E-state index contributed by atoms with van der Waals surface area (Å²) < 4.78 is 9.64. The molecule has 0 saturated heterocycles. The number of hydrogen-bond donors (Lipinski definition) is 1. The van der Waals surface area contributed by atoms with Crippen LogP contribution in [0.3, 0.4) is 0 Å². The fourth-order valence-corrected chi connectivity index (χ4v) is 3.86. The molecule has 2 aromatic heterocycles. The van der Waals surface area contributed by atoms with Gasteiger partial charge in [-0.05, 0) is 38.6 Å². The number of aromatic nitrogens is 2. The summed E-state index contributed by atoms with van der Waals surface area (Å²) in [5, 5.41) is 5.06. The van der Waals surface area contributed by atoms with Crippen LogP contribution in [0.1, 0.15) is 18.5 Å². The molecule has 0 saturated carbocycles. The van der Waals surface area contributed by atoms with Crippen LogP contribution in [0.2, 0.25) is 0 Å². The first kappa shape index (κ1) is 15.9. The highest BCUT2D eigenvalue weighted by molar-refractivity contribution is 6.03. The Labute approximate surface area is 144 Å². The van der Waals surface area contributed by atoms with Crippen molar-refractivity contribution in [3.05, 3.63) is 50.5 Å². The third kappa shape index (κ3) is 2.21. The Balaban J connectivity index is 2.24. The first-order chi connectivity index (χ1) is 12.1. The third-order valence-electron chi connectivity index (χ3n) is 4.98. The molecule has 1 aliphatic rings. The fourth-order valence-electron chi connectivity index (χ4n) is 3.86. The lowest BCUT2D eigenvalue weighted by molar-refractivity contribution is 0.233. The van der Waals surface area contributed by atoms with Gasteiger partial charge in [0, 0.05) is 36.0 Å². The zero-order valence-corrected chi connectivity index (χ0v) is 14.6. The predicted octanol–water partition coefficient (Wildman–Crippen LogP) is 1.80. The number of nitrogens with zero attached hydrogens (tertiary/aromatic N) is 2. The third-order valence-corrected chi connectivity index (χ3v) is 4.98. The molecule has 3 aromatic rings. The van der Waals surface area contributed by atoms with E-state index in [1.807, 2.05) is 27.0 Å². The molecule has 0 bridgehead atoms. The van der Waals surface area contributed by atoms with Crippen LogP contribution in [-0.4, -0.2) is 29.3 Å². The van der Waals surface area contributed by atoms with Crippen LogP contribution in [0.5, 0.6) is 5.75 Å². The van der Waals surface area contributed by atoms with Gasteiger partial charge in [0.15, 0.2) is 5.75 Å². The Bertz CT molecular complexity index is 1110. The van der Waals surface area contributed by atoms with Crippen molar-refractivity contribution < 1.29 is 4.74 Å². The van der Waals surface area contributed by atoms with E-state index in [-0.39, 0.29) is 17.2 Å². The van der Waals surface area contributed by atoms with E-state index in [0.717, 1.165) is 27.4 Å². The average Bonchev–Trinajstić information content (AvgIpc) is 2.59. The minimum absolute atomic E-state index is 0.0466. The first-order valence-corrected chi connectivity index (χ1v) is 8.56. The molecule has 0 fully saturated rings. The molecule has 6 nitrogen and oxygen atoms in total. The van der Waals surface area contributed by atoms with Gasteiger partial charge >= 0.3 is 0 Å². The largest absolute Gasteiger partial charge is 0.487 e. The number of pyridine rings is 2. The van der Waals surface area contributed by atoms with Gasteiger partial charge in [0.05, 0.1) is 17.1 Å². The van der Waals surface area contributed by atoms with Crippen LogP contribution in [0.15, 0.2) is 33.9 Å². The number of nitrogens with one attached hydrogen (secondary N) is 1. The van der Waals surface area contributed by atoms with Crippen molar-refractivity contribution in [2.24, 2.45) is 0 Å². The lowest BCUT2D eigenvalue weighted by Gasteiger charge is -2.29. The Kier molecular flexibility index (Phi) is 3.65. The molecule has 1 unspecified atom stereocenters. The number of rotatable bonds is 3. The van der Waals surface area contributed by atoms with Crippen molar-refractivity contribution in [1.29, 1.82) is 0 Å². The van der Waals surface area contributed by atoms with Gasteiger partial charge < -0.3 is 14.6 Å². The van der Waals surface area contributed by atoms with E-state index in [4.69, 9.17) is 4.74 Å². The molecule has 4 rings (SSSR count). The highest BCUT2D eigenvalue weighted by atomic mass is 16.5. The van der Waals surface area contributed by atoms with E-state index in [0.29, 0.717) is 25.4 Å². The topological polar surface area (TPSA) is 65.3 Å². The monoisotopic (exact) mass is 339 g/mol. The van der Waals surface area contributed by atoms with Gasteiger partial charge in [-0.2, -0.15) is 0 Å². The molecule has 1 N–H and O–H groups in total. The van der Waals surface area contributed by atoms with Crippen molar-refractivity contribution in [2.45, 2.75) is 26.4 Å². The zero-order valence-electron chi connectivity index (χ0n) is 14.6. The van der Waals surface area contributed by atoms with Crippen LogP contribution < -0.4 is 21.2 Å². The summed E-state index contributed by atoms with van der Waals surface area (Å²) in [7, 11) is 1.86. The Morgan fingerprint density at radius 1 is 1.20 bits per heavy atom. The molecule has 0 radical (unpaired) electrons. The van der Waals surface area contributed by atoms with Crippen LogP contribution in [0, 0.1) is 6.92 Å². The van der Waals surface area contributed by atoms with Crippen LogP contribution >= 0.6 is 0 Å². The maximum Gasteiger partial charge on any atom is 0.251 e. The lowest BCUT2D eigenvalue weighted by atomic mass is 10.0. The number of aryl methyl sites for hydroxylation is 2. The second-order valence-electron chi connectivity index (χ2n) is 6.51. The maximum absolute atomic E-state index is 12.6. The molecule has 0 spiro atoms. The molecule has 25 heavy (non-hydrogen) atoms. The van der Waals surface area contributed by atoms with Crippen molar-refractivity contribution >= 4 is 21.8 Å². The molecular formula is C19H21N3O3. The number of likely N-dealkylation sites (N-methyl/N-ethyl adjacent to an activating group) is 1. The Morgan fingerprint density at radius 2 is 2.00 bits per heavy atom. The van der Waals surface area contributed by atoms with E-state index in [2.05, 4.69) is 11.4 Å². The highest BCUT2D eigenvalue weighted by Crippen LogP contribution is 2.38. The molecule has 0 aliphatic carbocycles. The lowest BCUT2D eigenvalue weighted by Crippen LogP contribution is -2.37. The summed E-state index contributed by atoms with van der Waals surface area (Å²) in [4.78, 5) is 25.0. The molecule has 1 atom stereocenters. The van der Waals surface area contributed by atoms with Crippen molar-refractivity contribution in [2.75, 3.05) is 20.2 Å². The van der Waals surface area contributed by atoms with Gasteiger partial charge in [0.1, 0.15) is 6.61 Å². The first-order valence-electron chi connectivity index (χ1n) is 8.56. The van der Waals surface area contributed by atoms with Crippen molar-refractivity contribution in [3.8, 4) is 5.75 Å². The summed E-state index contributed by atoms with van der Waals surface area (Å²) >= 11 is 0. The van der Waals surface area contributed by atoms with Crippen LogP contribution in [0.25, 0.3) is 21.8 Å². The molecule has 6 heteroatoms. The molecular weight excluding hydrogens is 318 g/mol. The van der Waals surface area contributed by atoms with Gasteiger partial charge in [-0.25, -0.2) is 0 Å². The van der Waals surface area contributed by atoms with E-state index in [1.165, 1.54) is 0 Å². The van der Waals surface area contributed by atoms with Crippen molar-refractivity contribution in [1.82, 2.24) is 14.5 Å². The Morgan fingerprint density at radius 3 is 2.72 bits per heavy atom. The van der Waals surface area contributed by atoms with Crippen LogP contribution in [0.4, 0.5) is 0 Å². The Hall–Kier alpha value is -2.60. The summed E-state index contributed by atoms with van der Waals surface area (Å²) in [6, 6.07) is 7.08.